The van der Waals surface area contributed by atoms with E-state index in [0.717, 1.165) is 22.4 Å². The molecule has 1 aliphatic heterocycles. The van der Waals surface area contributed by atoms with Crippen LogP contribution in [0, 0.1) is 0 Å². The summed E-state index contributed by atoms with van der Waals surface area (Å²) in [5.41, 5.74) is 3.87. The first-order chi connectivity index (χ1) is 15.0. The summed E-state index contributed by atoms with van der Waals surface area (Å²) in [6.45, 7) is 0. The Morgan fingerprint density at radius 2 is 1.77 bits per heavy atom. The zero-order valence-corrected chi connectivity index (χ0v) is 17.6. The molecule has 0 radical (unpaired) electrons. The molecule has 1 atom stereocenters. The largest absolute Gasteiger partial charge is 0.323 e. The van der Waals surface area contributed by atoms with Gasteiger partial charge in [-0.15, -0.1) is 0 Å². The minimum atomic E-state index is -1.05. The Bertz CT molecular complexity index is 1190. The molecular formula is C25H20ClN3O2. The molecule has 3 aromatic rings. The maximum absolute atomic E-state index is 13.1. The van der Waals surface area contributed by atoms with Crippen molar-refractivity contribution in [3.8, 4) is 0 Å². The molecule has 0 saturated carbocycles. The van der Waals surface area contributed by atoms with Gasteiger partial charge in [0, 0.05) is 29.3 Å². The lowest BCUT2D eigenvalue weighted by atomic mass is 10.0. The van der Waals surface area contributed by atoms with Gasteiger partial charge in [-0.3, -0.25) is 9.59 Å². The lowest BCUT2D eigenvalue weighted by Crippen LogP contribution is -2.45. The number of rotatable bonds is 4. The van der Waals surface area contributed by atoms with Crippen LogP contribution in [0.25, 0.3) is 6.08 Å². The quantitative estimate of drug-likeness (QED) is 0.628. The van der Waals surface area contributed by atoms with Gasteiger partial charge >= 0.3 is 0 Å². The number of para-hydroxylation sites is 1. The predicted octanol–water partition coefficient (Wildman–Crippen LogP) is 4.31. The van der Waals surface area contributed by atoms with E-state index in [1.54, 1.807) is 31.3 Å². The Morgan fingerprint density at radius 3 is 2.55 bits per heavy atom. The van der Waals surface area contributed by atoms with Crippen LogP contribution in [-0.2, 0) is 9.59 Å². The topological polar surface area (TPSA) is 61.8 Å². The van der Waals surface area contributed by atoms with Gasteiger partial charge in [-0.25, -0.2) is 4.99 Å². The van der Waals surface area contributed by atoms with Gasteiger partial charge in [-0.1, -0.05) is 72.3 Å². The number of hydrogen-bond donors (Lipinski definition) is 1. The van der Waals surface area contributed by atoms with Crippen LogP contribution >= 0.6 is 11.6 Å². The molecule has 1 heterocycles. The van der Waals surface area contributed by atoms with E-state index in [1.807, 2.05) is 60.7 Å². The smallest absolute Gasteiger partial charge is 0.272 e. The van der Waals surface area contributed by atoms with E-state index in [-0.39, 0.29) is 5.91 Å². The predicted molar refractivity (Wildman–Crippen MR) is 124 cm³/mol. The van der Waals surface area contributed by atoms with E-state index in [9.17, 15) is 9.59 Å². The highest BCUT2D eigenvalue weighted by molar-refractivity contribution is 6.30. The standard InChI is InChI=1S/C25H20ClN3O2/c1-29-21-13-6-5-12-20(21)23(18-9-3-2-4-10-18)28-24(25(29)31)27-22(30)15-14-17-8-7-11-19(26)16-17/h2-16,24H,1H3,(H,27,30)/t24-/m1/s1. The molecule has 0 bridgehead atoms. The Morgan fingerprint density at radius 1 is 1.03 bits per heavy atom. The maximum Gasteiger partial charge on any atom is 0.272 e. The molecule has 0 aliphatic carbocycles. The zero-order chi connectivity index (χ0) is 21.8. The molecule has 2 amide bonds. The van der Waals surface area contributed by atoms with E-state index in [1.165, 1.54) is 11.0 Å². The molecule has 4 rings (SSSR count). The van der Waals surface area contributed by atoms with E-state index < -0.39 is 12.1 Å². The van der Waals surface area contributed by atoms with Gasteiger partial charge in [-0.05, 0) is 29.8 Å². The number of carbonyl (C=O) groups is 2. The van der Waals surface area contributed by atoms with Gasteiger partial charge in [0.05, 0.1) is 11.4 Å². The summed E-state index contributed by atoms with van der Waals surface area (Å²) in [6.07, 6.45) is 1.96. The fourth-order valence-electron chi connectivity index (χ4n) is 3.41. The number of likely N-dealkylation sites (N-methyl/N-ethyl adjacent to an activating group) is 1. The number of anilines is 1. The Balaban J connectivity index is 1.67. The van der Waals surface area contributed by atoms with Crippen molar-refractivity contribution in [2.75, 3.05) is 11.9 Å². The van der Waals surface area contributed by atoms with E-state index in [4.69, 9.17) is 11.6 Å². The minimum Gasteiger partial charge on any atom is -0.323 e. The third kappa shape index (κ3) is 4.57. The maximum atomic E-state index is 13.1. The molecule has 6 heteroatoms. The van der Waals surface area contributed by atoms with Crippen LogP contribution in [0.4, 0.5) is 5.69 Å². The molecule has 31 heavy (non-hydrogen) atoms. The molecule has 0 aromatic heterocycles. The number of aliphatic imine (C=N–C) groups is 1. The van der Waals surface area contributed by atoms with Crippen LogP contribution in [0.5, 0.6) is 0 Å². The van der Waals surface area contributed by atoms with Crippen LogP contribution < -0.4 is 10.2 Å². The number of carbonyl (C=O) groups excluding carboxylic acids is 2. The summed E-state index contributed by atoms with van der Waals surface area (Å²) in [7, 11) is 1.69. The van der Waals surface area contributed by atoms with Crippen molar-refractivity contribution >= 4 is 40.9 Å². The number of amides is 2. The normalized spacial score (nSPS) is 15.9. The van der Waals surface area contributed by atoms with Crippen LogP contribution in [0.15, 0.2) is 89.9 Å². The first kappa shape index (κ1) is 20.6. The highest BCUT2D eigenvalue weighted by atomic mass is 35.5. The first-order valence-corrected chi connectivity index (χ1v) is 10.1. The van der Waals surface area contributed by atoms with Crippen molar-refractivity contribution in [2.24, 2.45) is 4.99 Å². The zero-order valence-electron chi connectivity index (χ0n) is 16.8. The number of halogens is 1. The molecule has 0 saturated heterocycles. The minimum absolute atomic E-state index is 0.317. The van der Waals surface area contributed by atoms with Gasteiger partial charge < -0.3 is 10.2 Å². The Labute approximate surface area is 185 Å². The highest BCUT2D eigenvalue weighted by Gasteiger charge is 2.30. The van der Waals surface area contributed by atoms with Crippen molar-refractivity contribution in [1.82, 2.24) is 5.32 Å². The van der Waals surface area contributed by atoms with Gasteiger partial charge in [0.25, 0.3) is 5.91 Å². The summed E-state index contributed by atoms with van der Waals surface area (Å²) in [5, 5.41) is 3.30. The van der Waals surface area contributed by atoms with Crippen LogP contribution in [-0.4, -0.2) is 30.7 Å². The summed E-state index contributed by atoms with van der Waals surface area (Å²) in [4.78, 5) is 31.9. The van der Waals surface area contributed by atoms with Crippen LogP contribution in [0.3, 0.4) is 0 Å². The van der Waals surface area contributed by atoms with Crippen molar-refractivity contribution in [2.45, 2.75) is 6.17 Å². The van der Waals surface area contributed by atoms with Gasteiger partial charge in [0.15, 0.2) is 0 Å². The number of nitrogens with one attached hydrogen (secondary N) is 1. The van der Waals surface area contributed by atoms with Crippen LogP contribution in [0.2, 0.25) is 5.02 Å². The number of benzene rings is 3. The van der Waals surface area contributed by atoms with Gasteiger partial charge in [0.1, 0.15) is 0 Å². The number of nitrogens with zero attached hydrogens (tertiary/aromatic N) is 2. The van der Waals surface area contributed by atoms with Gasteiger partial charge in [0.2, 0.25) is 12.1 Å². The number of fused-ring (bicyclic) bond motifs is 1. The van der Waals surface area contributed by atoms with Crippen molar-refractivity contribution in [3.63, 3.8) is 0 Å². The second kappa shape index (κ2) is 8.98. The van der Waals surface area contributed by atoms with Crippen molar-refractivity contribution in [3.05, 3.63) is 107 Å². The summed E-state index contributed by atoms with van der Waals surface area (Å²) >= 11 is 5.99. The van der Waals surface area contributed by atoms with Crippen LogP contribution in [0.1, 0.15) is 16.7 Å². The summed E-state index contributed by atoms with van der Waals surface area (Å²) in [5.74, 6) is -0.739. The molecule has 154 valence electrons. The molecule has 3 aromatic carbocycles. The fraction of sp³-hybridized carbons (Fsp3) is 0.0800. The molecule has 5 nitrogen and oxygen atoms in total. The lowest BCUT2D eigenvalue weighted by molar-refractivity contribution is -0.124. The Kier molecular flexibility index (Phi) is 5.96. The highest BCUT2D eigenvalue weighted by Crippen LogP contribution is 2.27. The number of benzodiazepines with no additional fused rings is 1. The molecule has 1 N–H and O–H groups in total. The van der Waals surface area contributed by atoms with Gasteiger partial charge in [-0.2, -0.15) is 0 Å². The molecule has 0 fully saturated rings. The lowest BCUT2D eigenvalue weighted by Gasteiger charge is -2.20. The third-order valence-corrected chi connectivity index (χ3v) is 5.18. The van der Waals surface area contributed by atoms with E-state index in [0.29, 0.717) is 10.7 Å². The SMILES string of the molecule is CN1C(=O)[C@H](NC(=O)C=Cc2cccc(Cl)c2)N=C(c2ccccc2)c2ccccc21. The molecular weight excluding hydrogens is 410 g/mol. The average molecular weight is 430 g/mol. The van der Waals surface area contributed by atoms with E-state index >= 15 is 0 Å². The Hall–Kier alpha value is -3.70. The van der Waals surface area contributed by atoms with E-state index in [2.05, 4.69) is 10.3 Å². The number of hydrogen-bond acceptors (Lipinski definition) is 3. The summed E-state index contributed by atoms with van der Waals surface area (Å²) in [6, 6.07) is 24.3. The summed E-state index contributed by atoms with van der Waals surface area (Å²) < 4.78 is 0. The molecule has 0 spiro atoms. The third-order valence-electron chi connectivity index (χ3n) is 4.95. The second-order valence-electron chi connectivity index (χ2n) is 7.06. The monoisotopic (exact) mass is 429 g/mol. The molecule has 1 aliphatic rings. The average Bonchev–Trinajstić information content (AvgIpc) is 2.89. The van der Waals surface area contributed by atoms with Crippen molar-refractivity contribution in [1.29, 1.82) is 0 Å². The fourth-order valence-corrected chi connectivity index (χ4v) is 3.61. The van der Waals surface area contributed by atoms with Crippen molar-refractivity contribution < 1.29 is 9.59 Å². The first-order valence-electron chi connectivity index (χ1n) is 9.77. The molecule has 0 unspecified atom stereocenters. The second-order valence-corrected chi connectivity index (χ2v) is 7.49.